The SMILES string of the molecule is COCCN(CCC(N)c1ccc(F)cn1)C(C)C. The molecular weight excluding hydrogens is 245 g/mol. The highest BCUT2D eigenvalue weighted by Crippen LogP contribution is 2.13. The average molecular weight is 269 g/mol. The van der Waals surface area contributed by atoms with Crippen molar-refractivity contribution in [3.05, 3.63) is 29.8 Å². The van der Waals surface area contributed by atoms with Gasteiger partial charge in [-0.2, -0.15) is 0 Å². The van der Waals surface area contributed by atoms with Crippen LogP contribution in [0.25, 0.3) is 0 Å². The molecule has 0 fully saturated rings. The van der Waals surface area contributed by atoms with Gasteiger partial charge in [-0.05, 0) is 32.4 Å². The standard InChI is InChI=1S/C14H24FN3O/c1-11(2)18(8-9-19-3)7-6-13(16)14-5-4-12(15)10-17-14/h4-5,10-11,13H,6-9,16H2,1-3H3. The first kappa shape index (κ1) is 16.0. The Morgan fingerprint density at radius 1 is 1.37 bits per heavy atom. The van der Waals surface area contributed by atoms with E-state index in [-0.39, 0.29) is 11.9 Å². The number of hydrogen-bond donors (Lipinski definition) is 1. The molecule has 2 N–H and O–H groups in total. The van der Waals surface area contributed by atoms with Gasteiger partial charge in [0.15, 0.2) is 0 Å². The third-order valence-corrected chi connectivity index (χ3v) is 3.17. The Balaban J connectivity index is 2.46. The molecule has 0 bridgehead atoms. The van der Waals surface area contributed by atoms with Crippen LogP contribution in [0.2, 0.25) is 0 Å². The fraction of sp³-hybridized carbons (Fsp3) is 0.643. The summed E-state index contributed by atoms with van der Waals surface area (Å²) in [6, 6.07) is 3.33. The summed E-state index contributed by atoms with van der Waals surface area (Å²) in [6.07, 6.45) is 2.00. The quantitative estimate of drug-likeness (QED) is 0.784. The van der Waals surface area contributed by atoms with Crippen LogP contribution >= 0.6 is 0 Å². The maximum atomic E-state index is 12.8. The zero-order chi connectivity index (χ0) is 14.3. The fourth-order valence-electron chi connectivity index (χ4n) is 1.90. The van der Waals surface area contributed by atoms with Gasteiger partial charge in [0.1, 0.15) is 5.82 Å². The van der Waals surface area contributed by atoms with Crippen molar-refractivity contribution in [3.63, 3.8) is 0 Å². The molecule has 5 heteroatoms. The number of nitrogens with zero attached hydrogens (tertiary/aromatic N) is 2. The summed E-state index contributed by atoms with van der Waals surface area (Å²) in [4.78, 5) is 6.33. The summed E-state index contributed by atoms with van der Waals surface area (Å²) >= 11 is 0. The Morgan fingerprint density at radius 2 is 2.11 bits per heavy atom. The van der Waals surface area contributed by atoms with Crippen molar-refractivity contribution in [1.29, 1.82) is 0 Å². The molecule has 1 heterocycles. The van der Waals surface area contributed by atoms with Gasteiger partial charge in [-0.3, -0.25) is 9.88 Å². The van der Waals surface area contributed by atoms with Gasteiger partial charge >= 0.3 is 0 Å². The number of nitrogens with two attached hydrogens (primary N) is 1. The first-order chi connectivity index (χ1) is 9.04. The van der Waals surface area contributed by atoms with Gasteiger partial charge in [0.2, 0.25) is 0 Å². The molecule has 1 aromatic heterocycles. The average Bonchev–Trinajstić information content (AvgIpc) is 2.39. The smallest absolute Gasteiger partial charge is 0.141 e. The van der Waals surface area contributed by atoms with Crippen molar-refractivity contribution >= 4 is 0 Å². The van der Waals surface area contributed by atoms with Gasteiger partial charge in [-0.15, -0.1) is 0 Å². The molecule has 0 amide bonds. The molecule has 1 atom stereocenters. The molecule has 108 valence electrons. The Hall–Kier alpha value is -1.04. The van der Waals surface area contributed by atoms with Gasteiger partial charge < -0.3 is 10.5 Å². The molecule has 4 nitrogen and oxygen atoms in total. The maximum Gasteiger partial charge on any atom is 0.141 e. The first-order valence-corrected chi connectivity index (χ1v) is 6.64. The Labute approximate surface area is 114 Å². The molecule has 1 rings (SSSR count). The van der Waals surface area contributed by atoms with E-state index in [0.717, 1.165) is 25.2 Å². The number of methoxy groups -OCH3 is 1. The number of ether oxygens (including phenoxy) is 1. The summed E-state index contributed by atoms with van der Waals surface area (Å²) in [5.74, 6) is -0.333. The molecule has 0 aliphatic rings. The molecule has 0 spiro atoms. The largest absolute Gasteiger partial charge is 0.383 e. The van der Waals surface area contributed by atoms with E-state index in [2.05, 4.69) is 23.7 Å². The Morgan fingerprint density at radius 3 is 2.63 bits per heavy atom. The normalized spacial score (nSPS) is 13.2. The number of halogens is 1. The van der Waals surface area contributed by atoms with E-state index in [1.165, 1.54) is 12.3 Å². The minimum atomic E-state index is -0.333. The van der Waals surface area contributed by atoms with Crippen LogP contribution in [0.5, 0.6) is 0 Å². The predicted octanol–water partition coefficient (Wildman–Crippen LogP) is 1.97. The van der Waals surface area contributed by atoms with Crippen LogP contribution in [0, 0.1) is 5.82 Å². The fourth-order valence-corrected chi connectivity index (χ4v) is 1.90. The summed E-state index contributed by atoms with van der Waals surface area (Å²) in [5.41, 5.74) is 6.81. The van der Waals surface area contributed by atoms with Gasteiger partial charge in [0.05, 0.1) is 18.5 Å². The Bertz CT molecular complexity index is 356. The number of rotatable bonds is 8. The summed E-state index contributed by atoms with van der Waals surface area (Å²) in [6.45, 7) is 6.77. The molecule has 0 saturated carbocycles. The number of hydrogen-bond acceptors (Lipinski definition) is 4. The van der Waals surface area contributed by atoms with Gasteiger partial charge in [0.25, 0.3) is 0 Å². The molecule has 1 unspecified atom stereocenters. The second-order valence-corrected chi connectivity index (χ2v) is 4.92. The maximum absolute atomic E-state index is 12.8. The van der Waals surface area contributed by atoms with Crippen LogP contribution in [0.15, 0.2) is 18.3 Å². The lowest BCUT2D eigenvalue weighted by atomic mass is 10.1. The van der Waals surface area contributed by atoms with Gasteiger partial charge in [-0.25, -0.2) is 4.39 Å². The Kier molecular flexibility index (Phi) is 6.91. The van der Waals surface area contributed by atoms with E-state index >= 15 is 0 Å². The van der Waals surface area contributed by atoms with E-state index < -0.39 is 0 Å². The van der Waals surface area contributed by atoms with Crippen LogP contribution in [0.4, 0.5) is 4.39 Å². The van der Waals surface area contributed by atoms with Crippen molar-refractivity contribution in [1.82, 2.24) is 9.88 Å². The van der Waals surface area contributed by atoms with Gasteiger partial charge in [0, 0.05) is 32.3 Å². The first-order valence-electron chi connectivity index (χ1n) is 6.64. The van der Waals surface area contributed by atoms with Crippen molar-refractivity contribution in [2.45, 2.75) is 32.4 Å². The number of pyridine rings is 1. The second kappa shape index (κ2) is 8.19. The van der Waals surface area contributed by atoms with Crippen LogP contribution in [0.3, 0.4) is 0 Å². The molecule has 0 radical (unpaired) electrons. The molecule has 0 saturated heterocycles. The minimum absolute atomic E-state index is 0.163. The van der Waals surface area contributed by atoms with E-state index in [9.17, 15) is 4.39 Å². The van der Waals surface area contributed by atoms with Crippen molar-refractivity contribution < 1.29 is 9.13 Å². The van der Waals surface area contributed by atoms with Crippen LogP contribution in [0.1, 0.15) is 32.0 Å². The van der Waals surface area contributed by atoms with Crippen molar-refractivity contribution in [2.24, 2.45) is 5.73 Å². The van der Waals surface area contributed by atoms with E-state index in [0.29, 0.717) is 12.6 Å². The van der Waals surface area contributed by atoms with E-state index in [4.69, 9.17) is 10.5 Å². The van der Waals surface area contributed by atoms with Crippen LogP contribution < -0.4 is 5.73 Å². The summed E-state index contributed by atoms with van der Waals surface area (Å²) in [7, 11) is 1.70. The van der Waals surface area contributed by atoms with Crippen LogP contribution in [-0.4, -0.2) is 42.7 Å². The topological polar surface area (TPSA) is 51.4 Å². The van der Waals surface area contributed by atoms with Gasteiger partial charge in [-0.1, -0.05) is 0 Å². The van der Waals surface area contributed by atoms with E-state index in [1.54, 1.807) is 13.2 Å². The molecule has 0 aromatic carbocycles. The predicted molar refractivity (Wildman–Crippen MR) is 74.3 cm³/mol. The minimum Gasteiger partial charge on any atom is -0.383 e. The van der Waals surface area contributed by atoms with E-state index in [1.807, 2.05) is 0 Å². The zero-order valence-electron chi connectivity index (χ0n) is 12.0. The third kappa shape index (κ3) is 5.63. The lowest BCUT2D eigenvalue weighted by Gasteiger charge is -2.27. The lowest BCUT2D eigenvalue weighted by molar-refractivity contribution is 0.127. The number of aromatic nitrogens is 1. The molecule has 0 aliphatic heterocycles. The van der Waals surface area contributed by atoms with Crippen molar-refractivity contribution in [3.8, 4) is 0 Å². The second-order valence-electron chi connectivity index (χ2n) is 4.92. The molecule has 0 aliphatic carbocycles. The summed E-state index contributed by atoms with van der Waals surface area (Å²) in [5, 5.41) is 0. The zero-order valence-corrected chi connectivity index (χ0v) is 12.0. The lowest BCUT2D eigenvalue weighted by Crippen LogP contribution is -2.36. The van der Waals surface area contributed by atoms with Crippen LogP contribution in [-0.2, 0) is 4.74 Å². The highest BCUT2D eigenvalue weighted by atomic mass is 19.1. The highest BCUT2D eigenvalue weighted by molar-refractivity contribution is 5.09. The highest BCUT2D eigenvalue weighted by Gasteiger charge is 2.13. The molecule has 19 heavy (non-hydrogen) atoms. The third-order valence-electron chi connectivity index (χ3n) is 3.17. The monoisotopic (exact) mass is 269 g/mol. The van der Waals surface area contributed by atoms with Crippen molar-refractivity contribution in [2.75, 3.05) is 26.8 Å². The molecular formula is C14H24FN3O. The molecule has 1 aromatic rings. The summed E-state index contributed by atoms with van der Waals surface area (Å²) < 4.78 is 17.9.